The molecule has 108 valence electrons. The highest BCUT2D eigenvalue weighted by atomic mass is 32.2. The first-order valence-corrected chi connectivity index (χ1v) is 7.27. The molecular formula is C12H15F3O3S. The minimum atomic E-state index is -5.58. The Bertz CT molecular complexity index is 492. The van der Waals surface area contributed by atoms with Gasteiger partial charge in [-0.1, -0.05) is 31.9 Å². The number of halogens is 3. The van der Waals surface area contributed by atoms with Crippen LogP contribution < -0.4 is 4.18 Å². The minimum Gasteiger partial charge on any atom is -0.376 e. The van der Waals surface area contributed by atoms with Crippen molar-refractivity contribution in [2.45, 2.75) is 38.1 Å². The summed E-state index contributed by atoms with van der Waals surface area (Å²) in [5.41, 5.74) is -4.47. The van der Waals surface area contributed by atoms with Crippen LogP contribution in [-0.2, 0) is 16.5 Å². The lowest BCUT2D eigenvalue weighted by molar-refractivity contribution is -0.0500. The van der Waals surface area contributed by atoms with Crippen LogP contribution in [0.2, 0.25) is 0 Å². The fourth-order valence-electron chi connectivity index (χ4n) is 1.46. The first-order chi connectivity index (χ1) is 8.76. The van der Waals surface area contributed by atoms with Gasteiger partial charge in [0.05, 0.1) is 0 Å². The van der Waals surface area contributed by atoms with Crippen molar-refractivity contribution in [3.05, 3.63) is 29.8 Å². The molecule has 0 aliphatic heterocycles. The van der Waals surface area contributed by atoms with Crippen molar-refractivity contribution in [1.29, 1.82) is 0 Å². The molecule has 0 unspecified atom stereocenters. The third-order valence-corrected chi connectivity index (χ3v) is 3.46. The Morgan fingerprint density at radius 3 is 2.16 bits per heavy atom. The molecule has 19 heavy (non-hydrogen) atoms. The van der Waals surface area contributed by atoms with E-state index in [4.69, 9.17) is 0 Å². The van der Waals surface area contributed by atoms with E-state index in [1.807, 2.05) is 0 Å². The maximum absolute atomic E-state index is 12.1. The van der Waals surface area contributed by atoms with Crippen LogP contribution in [0.1, 0.15) is 31.7 Å². The summed E-state index contributed by atoms with van der Waals surface area (Å²) >= 11 is 0. The molecule has 0 saturated carbocycles. The van der Waals surface area contributed by atoms with Gasteiger partial charge in [0.1, 0.15) is 5.75 Å². The number of hydrogen-bond donors (Lipinski definition) is 0. The summed E-state index contributed by atoms with van der Waals surface area (Å²) in [6, 6.07) is 5.59. The van der Waals surface area contributed by atoms with Gasteiger partial charge in [0.2, 0.25) is 0 Å². The van der Waals surface area contributed by atoms with Crippen LogP contribution in [0.4, 0.5) is 13.2 Å². The Morgan fingerprint density at radius 2 is 1.68 bits per heavy atom. The van der Waals surface area contributed by atoms with Crippen molar-refractivity contribution in [3.63, 3.8) is 0 Å². The molecule has 1 rings (SSSR count). The largest absolute Gasteiger partial charge is 0.534 e. The van der Waals surface area contributed by atoms with E-state index in [9.17, 15) is 21.6 Å². The predicted octanol–water partition coefficient (Wildman–Crippen LogP) is 3.65. The molecule has 0 atom stereocenters. The molecule has 0 saturated heterocycles. The molecule has 1 aromatic carbocycles. The van der Waals surface area contributed by atoms with Crippen LogP contribution in [0.15, 0.2) is 24.3 Å². The maximum atomic E-state index is 12.1. The molecule has 3 nitrogen and oxygen atoms in total. The van der Waals surface area contributed by atoms with E-state index in [0.717, 1.165) is 31.2 Å². The molecule has 0 bridgehead atoms. The topological polar surface area (TPSA) is 43.4 Å². The van der Waals surface area contributed by atoms with E-state index in [1.165, 1.54) is 12.1 Å². The van der Waals surface area contributed by atoms with E-state index < -0.39 is 15.6 Å². The van der Waals surface area contributed by atoms with Crippen molar-refractivity contribution in [1.82, 2.24) is 0 Å². The van der Waals surface area contributed by atoms with Crippen molar-refractivity contribution in [2.24, 2.45) is 0 Å². The van der Waals surface area contributed by atoms with Gasteiger partial charge in [0.25, 0.3) is 0 Å². The molecule has 0 aliphatic rings. The number of aryl methyl sites for hydroxylation is 1. The lowest BCUT2D eigenvalue weighted by atomic mass is 10.1. The maximum Gasteiger partial charge on any atom is 0.534 e. The second kappa shape index (κ2) is 6.27. The van der Waals surface area contributed by atoms with Gasteiger partial charge >= 0.3 is 15.6 Å². The number of benzene rings is 1. The quantitative estimate of drug-likeness (QED) is 0.457. The summed E-state index contributed by atoms with van der Waals surface area (Å²) < 4.78 is 61.8. The Hall–Kier alpha value is -1.24. The molecule has 7 heteroatoms. The standard InChI is InChI=1S/C12H15F3O3S/c1-2-3-4-5-10-6-8-11(9-7-10)18-19(16,17)12(13,14)15/h6-9H,2-5H2,1H3. The fourth-order valence-corrected chi connectivity index (χ4v) is 1.92. The lowest BCUT2D eigenvalue weighted by Gasteiger charge is -2.09. The lowest BCUT2D eigenvalue weighted by Crippen LogP contribution is -2.28. The number of alkyl halides is 3. The molecule has 0 N–H and O–H groups in total. The highest BCUT2D eigenvalue weighted by Gasteiger charge is 2.48. The van der Waals surface area contributed by atoms with E-state index in [-0.39, 0.29) is 5.75 Å². The summed E-state index contributed by atoms with van der Waals surface area (Å²) in [5, 5.41) is 0. The van der Waals surface area contributed by atoms with Crippen LogP contribution >= 0.6 is 0 Å². The summed E-state index contributed by atoms with van der Waals surface area (Å²) in [4.78, 5) is 0. The van der Waals surface area contributed by atoms with Gasteiger partial charge in [0, 0.05) is 0 Å². The van der Waals surface area contributed by atoms with Gasteiger partial charge in [-0.25, -0.2) is 0 Å². The first-order valence-electron chi connectivity index (χ1n) is 5.86. The van der Waals surface area contributed by atoms with E-state index in [1.54, 1.807) is 12.1 Å². The SMILES string of the molecule is CCCCCc1ccc(OS(=O)(=O)C(F)(F)F)cc1. The van der Waals surface area contributed by atoms with E-state index in [2.05, 4.69) is 11.1 Å². The second-order valence-corrected chi connectivity index (χ2v) is 5.62. The Kier molecular flexibility index (Phi) is 5.22. The Labute approximate surface area is 110 Å². The normalized spacial score (nSPS) is 12.4. The van der Waals surface area contributed by atoms with Gasteiger partial charge in [0.15, 0.2) is 0 Å². The number of hydrogen-bond acceptors (Lipinski definition) is 3. The Morgan fingerprint density at radius 1 is 1.11 bits per heavy atom. The molecule has 0 aliphatic carbocycles. The molecule has 0 spiro atoms. The van der Waals surface area contributed by atoms with Gasteiger partial charge < -0.3 is 4.18 Å². The van der Waals surface area contributed by atoms with Crippen LogP contribution in [0, 0.1) is 0 Å². The predicted molar refractivity (Wildman–Crippen MR) is 65.3 cm³/mol. The summed E-state index contributed by atoms with van der Waals surface area (Å²) in [5.74, 6) is -0.337. The first kappa shape index (κ1) is 15.8. The molecule has 0 fully saturated rings. The highest BCUT2D eigenvalue weighted by molar-refractivity contribution is 7.87. The third-order valence-electron chi connectivity index (χ3n) is 2.48. The average Bonchev–Trinajstić information content (AvgIpc) is 2.30. The smallest absolute Gasteiger partial charge is 0.376 e. The zero-order valence-electron chi connectivity index (χ0n) is 10.4. The van der Waals surface area contributed by atoms with Crippen molar-refractivity contribution in [2.75, 3.05) is 0 Å². The van der Waals surface area contributed by atoms with E-state index >= 15 is 0 Å². The molecule has 0 heterocycles. The summed E-state index contributed by atoms with van der Waals surface area (Å²) in [6.45, 7) is 2.07. The van der Waals surface area contributed by atoms with Crippen LogP contribution in [0.3, 0.4) is 0 Å². The zero-order chi connectivity index (χ0) is 14.5. The van der Waals surface area contributed by atoms with E-state index in [0.29, 0.717) is 0 Å². The molecule has 0 radical (unpaired) electrons. The monoisotopic (exact) mass is 296 g/mol. The zero-order valence-corrected chi connectivity index (χ0v) is 11.2. The van der Waals surface area contributed by atoms with Crippen LogP contribution in [-0.4, -0.2) is 13.9 Å². The van der Waals surface area contributed by atoms with Gasteiger partial charge in [-0.2, -0.15) is 21.6 Å². The third kappa shape index (κ3) is 4.74. The Balaban J connectivity index is 2.67. The second-order valence-electron chi connectivity index (χ2n) is 4.08. The van der Waals surface area contributed by atoms with Gasteiger partial charge in [-0.15, -0.1) is 0 Å². The van der Waals surface area contributed by atoms with Crippen molar-refractivity contribution >= 4 is 10.1 Å². The molecule has 0 amide bonds. The number of rotatable bonds is 6. The molecule has 0 aromatic heterocycles. The fraction of sp³-hybridized carbons (Fsp3) is 0.500. The summed E-state index contributed by atoms with van der Waals surface area (Å²) in [7, 11) is -5.58. The molecule has 1 aromatic rings. The van der Waals surface area contributed by atoms with Crippen LogP contribution in [0.25, 0.3) is 0 Å². The highest BCUT2D eigenvalue weighted by Crippen LogP contribution is 2.27. The minimum absolute atomic E-state index is 0.337. The van der Waals surface area contributed by atoms with Crippen molar-refractivity contribution < 1.29 is 25.8 Å². The van der Waals surface area contributed by atoms with Crippen molar-refractivity contribution in [3.8, 4) is 5.75 Å². The van der Waals surface area contributed by atoms with Gasteiger partial charge in [-0.3, -0.25) is 0 Å². The average molecular weight is 296 g/mol. The van der Waals surface area contributed by atoms with Gasteiger partial charge in [-0.05, 0) is 30.5 Å². The number of unbranched alkanes of at least 4 members (excludes halogenated alkanes) is 2. The molecular weight excluding hydrogens is 281 g/mol. The van der Waals surface area contributed by atoms with Crippen LogP contribution in [0.5, 0.6) is 5.75 Å². The summed E-state index contributed by atoms with van der Waals surface area (Å²) in [6.07, 6.45) is 3.93.